The van der Waals surface area contributed by atoms with Gasteiger partial charge < -0.3 is 10.1 Å². The summed E-state index contributed by atoms with van der Waals surface area (Å²) in [4.78, 5) is 0. The van der Waals surface area contributed by atoms with Crippen LogP contribution in [-0.2, 0) is 0 Å². The van der Waals surface area contributed by atoms with Crippen molar-refractivity contribution in [3.63, 3.8) is 0 Å². The highest BCUT2D eigenvalue weighted by Gasteiger charge is 2.31. The summed E-state index contributed by atoms with van der Waals surface area (Å²) in [7, 11) is 0. The highest BCUT2D eigenvalue weighted by molar-refractivity contribution is 8.00. The van der Waals surface area contributed by atoms with Gasteiger partial charge in [0.05, 0.1) is 0 Å². The van der Waals surface area contributed by atoms with Crippen molar-refractivity contribution in [3.05, 3.63) is 24.3 Å². The van der Waals surface area contributed by atoms with E-state index in [9.17, 15) is 13.2 Å². The lowest BCUT2D eigenvalue weighted by Crippen LogP contribution is -2.32. The van der Waals surface area contributed by atoms with Crippen molar-refractivity contribution >= 4 is 17.4 Å². The number of rotatable bonds is 3. The number of hydrogen-bond acceptors (Lipinski definition) is 3. The summed E-state index contributed by atoms with van der Waals surface area (Å²) in [6, 6.07) is 6.30. The SMILES string of the molecule is CC1SCCCC1Nc1cccc(OC(F)(F)F)c1. The molecule has 1 heterocycles. The van der Waals surface area contributed by atoms with E-state index in [0.717, 1.165) is 18.6 Å². The fourth-order valence-electron chi connectivity index (χ4n) is 2.11. The largest absolute Gasteiger partial charge is 0.573 e. The minimum Gasteiger partial charge on any atom is -0.406 e. The zero-order chi connectivity index (χ0) is 13.9. The Hall–Kier alpha value is -1.04. The number of thioether (sulfide) groups is 1. The van der Waals surface area contributed by atoms with Crippen LogP contribution in [0.25, 0.3) is 0 Å². The quantitative estimate of drug-likeness (QED) is 0.898. The van der Waals surface area contributed by atoms with E-state index in [-0.39, 0.29) is 5.75 Å². The monoisotopic (exact) mass is 291 g/mol. The maximum atomic E-state index is 12.1. The second-order valence-electron chi connectivity index (χ2n) is 4.54. The van der Waals surface area contributed by atoms with Crippen LogP contribution in [0, 0.1) is 0 Å². The first-order chi connectivity index (χ1) is 8.94. The zero-order valence-electron chi connectivity index (χ0n) is 10.5. The topological polar surface area (TPSA) is 21.3 Å². The van der Waals surface area contributed by atoms with Gasteiger partial charge in [-0.25, -0.2) is 0 Å². The molecule has 0 bridgehead atoms. The molecule has 1 N–H and O–H groups in total. The van der Waals surface area contributed by atoms with Gasteiger partial charge in [0, 0.05) is 23.0 Å². The Balaban J connectivity index is 2.02. The molecule has 0 saturated carbocycles. The van der Waals surface area contributed by atoms with Gasteiger partial charge in [0.1, 0.15) is 5.75 Å². The molecule has 2 rings (SSSR count). The fourth-order valence-corrected chi connectivity index (χ4v) is 3.25. The van der Waals surface area contributed by atoms with Crippen molar-refractivity contribution in [1.82, 2.24) is 0 Å². The first-order valence-electron chi connectivity index (χ1n) is 6.18. The summed E-state index contributed by atoms with van der Waals surface area (Å²) in [5.74, 6) is 0.963. The second-order valence-corrected chi connectivity index (χ2v) is 6.03. The first kappa shape index (κ1) is 14.4. The Bertz CT molecular complexity index is 425. The van der Waals surface area contributed by atoms with E-state index in [1.54, 1.807) is 12.1 Å². The molecule has 2 atom stereocenters. The van der Waals surface area contributed by atoms with Crippen LogP contribution in [0.15, 0.2) is 24.3 Å². The number of hydrogen-bond donors (Lipinski definition) is 1. The lowest BCUT2D eigenvalue weighted by atomic mass is 10.1. The van der Waals surface area contributed by atoms with E-state index in [0.29, 0.717) is 17.0 Å². The normalized spacial score (nSPS) is 24.0. The van der Waals surface area contributed by atoms with E-state index in [4.69, 9.17) is 0 Å². The molecule has 1 aromatic carbocycles. The van der Waals surface area contributed by atoms with E-state index in [1.165, 1.54) is 12.1 Å². The lowest BCUT2D eigenvalue weighted by molar-refractivity contribution is -0.274. The van der Waals surface area contributed by atoms with Gasteiger partial charge in [-0.1, -0.05) is 13.0 Å². The third kappa shape index (κ3) is 4.53. The number of alkyl halides is 3. The molecule has 1 saturated heterocycles. The smallest absolute Gasteiger partial charge is 0.406 e. The van der Waals surface area contributed by atoms with Gasteiger partial charge in [-0.15, -0.1) is 13.2 Å². The van der Waals surface area contributed by atoms with Crippen molar-refractivity contribution in [2.75, 3.05) is 11.1 Å². The van der Waals surface area contributed by atoms with Crippen molar-refractivity contribution in [2.45, 2.75) is 37.4 Å². The summed E-state index contributed by atoms with van der Waals surface area (Å²) < 4.78 is 40.4. The Morgan fingerprint density at radius 3 is 2.84 bits per heavy atom. The van der Waals surface area contributed by atoms with Crippen LogP contribution in [0.3, 0.4) is 0 Å². The molecule has 106 valence electrons. The molecule has 0 aliphatic carbocycles. The van der Waals surface area contributed by atoms with E-state index in [2.05, 4.69) is 17.0 Å². The molecule has 2 unspecified atom stereocenters. The standard InChI is InChI=1S/C13H16F3NOS/c1-9-12(6-3-7-19-9)17-10-4-2-5-11(8-10)18-13(14,15)16/h2,4-5,8-9,12,17H,3,6-7H2,1H3. The minimum absolute atomic E-state index is 0.186. The molecule has 0 amide bonds. The van der Waals surface area contributed by atoms with Gasteiger partial charge in [-0.3, -0.25) is 0 Å². The third-order valence-corrected chi connectivity index (χ3v) is 4.41. The molecule has 0 radical (unpaired) electrons. The number of halogens is 3. The molecule has 0 spiro atoms. The highest BCUT2D eigenvalue weighted by Crippen LogP contribution is 2.30. The lowest BCUT2D eigenvalue weighted by Gasteiger charge is -2.30. The van der Waals surface area contributed by atoms with E-state index < -0.39 is 6.36 Å². The summed E-state index contributed by atoms with van der Waals surface area (Å²) in [6.07, 6.45) is -2.48. The number of anilines is 1. The van der Waals surface area contributed by atoms with Crippen molar-refractivity contribution in [3.8, 4) is 5.75 Å². The third-order valence-electron chi connectivity index (χ3n) is 3.03. The van der Waals surface area contributed by atoms with Crippen LogP contribution in [-0.4, -0.2) is 23.4 Å². The average molecular weight is 291 g/mol. The molecule has 2 nitrogen and oxygen atoms in total. The number of ether oxygens (including phenoxy) is 1. The van der Waals surface area contributed by atoms with Gasteiger partial charge in [-0.05, 0) is 30.7 Å². The predicted molar refractivity (Wildman–Crippen MR) is 71.7 cm³/mol. The Morgan fingerprint density at radius 1 is 1.37 bits per heavy atom. The predicted octanol–water partition coefficient (Wildman–Crippen LogP) is 4.28. The maximum Gasteiger partial charge on any atom is 0.573 e. The molecular weight excluding hydrogens is 275 g/mol. The molecule has 1 aromatic rings. The van der Waals surface area contributed by atoms with Crippen LogP contribution in [0.1, 0.15) is 19.8 Å². The van der Waals surface area contributed by atoms with Crippen molar-refractivity contribution in [2.24, 2.45) is 0 Å². The van der Waals surface area contributed by atoms with Crippen molar-refractivity contribution in [1.29, 1.82) is 0 Å². The number of nitrogens with one attached hydrogen (secondary N) is 1. The summed E-state index contributed by atoms with van der Waals surface area (Å²) >= 11 is 1.89. The molecule has 0 aromatic heterocycles. The van der Waals surface area contributed by atoms with Gasteiger partial charge in [0.25, 0.3) is 0 Å². The van der Waals surface area contributed by atoms with Gasteiger partial charge >= 0.3 is 6.36 Å². The van der Waals surface area contributed by atoms with Crippen LogP contribution in [0.4, 0.5) is 18.9 Å². The van der Waals surface area contributed by atoms with Crippen LogP contribution in [0.2, 0.25) is 0 Å². The zero-order valence-corrected chi connectivity index (χ0v) is 11.4. The molecule has 6 heteroatoms. The fraction of sp³-hybridized carbons (Fsp3) is 0.538. The Morgan fingerprint density at radius 2 is 2.16 bits per heavy atom. The van der Waals surface area contributed by atoms with Crippen LogP contribution in [0.5, 0.6) is 5.75 Å². The van der Waals surface area contributed by atoms with Crippen LogP contribution < -0.4 is 10.1 Å². The number of benzene rings is 1. The maximum absolute atomic E-state index is 12.1. The molecule has 19 heavy (non-hydrogen) atoms. The van der Waals surface area contributed by atoms with E-state index >= 15 is 0 Å². The van der Waals surface area contributed by atoms with E-state index in [1.807, 2.05) is 11.8 Å². The first-order valence-corrected chi connectivity index (χ1v) is 7.23. The molecule has 1 fully saturated rings. The summed E-state index contributed by atoms with van der Waals surface area (Å²) in [6.45, 7) is 2.14. The second kappa shape index (κ2) is 5.94. The van der Waals surface area contributed by atoms with Crippen molar-refractivity contribution < 1.29 is 17.9 Å². The average Bonchev–Trinajstić information content (AvgIpc) is 2.30. The molecular formula is C13H16F3NOS. The molecule has 1 aliphatic rings. The Kier molecular flexibility index (Phi) is 4.50. The van der Waals surface area contributed by atoms with Gasteiger partial charge in [0.2, 0.25) is 0 Å². The highest BCUT2D eigenvalue weighted by atomic mass is 32.2. The van der Waals surface area contributed by atoms with Gasteiger partial charge in [-0.2, -0.15) is 11.8 Å². The summed E-state index contributed by atoms with van der Waals surface area (Å²) in [5.41, 5.74) is 0.668. The Labute approximate surface area is 114 Å². The van der Waals surface area contributed by atoms with Gasteiger partial charge in [0.15, 0.2) is 0 Å². The summed E-state index contributed by atoms with van der Waals surface area (Å²) in [5, 5.41) is 3.75. The van der Waals surface area contributed by atoms with Crippen LogP contribution >= 0.6 is 11.8 Å². The minimum atomic E-state index is -4.65. The molecule has 1 aliphatic heterocycles.